The van der Waals surface area contributed by atoms with Gasteiger partial charge in [-0.15, -0.1) is 0 Å². The lowest BCUT2D eigenvalue weighted by Crippen LogP contribution is -2.48. The van der Waals surface area contributed by atoms with E-state index in [1.807, 2.05) is 6.07 Å². The van der Waals surface area contributed by atoms with Crippen LogP contribution in [0.3, 0.4) is 0 Å². The van der Waals surface area contributed by atoms with Crippen molar-refractivity contribution in [1.29, 1.82) is 0 Å². The Balaban J connectivity index is 1.98. The Morgan fingerprint density at radius 3 is 2.95 bits per heavy atom. The molecule has 0 bridgehead atoms. The molecule has 1 aromatic rings. The second-order valence-electron chi connectivity index (χ2n) is 7.48. The molecule has 4 heteroatoms. The third kappa shape index (κ3) is 1.77. The van der Waals surface area contributed by atoms with E-state index in [1.165, 1.54) is 11.1 Å². The van der Waals surface area contributed by atoms with Crippen LogP contribution >= 0.6 is 0 Å². The minimum absolute atomic E-state index is 0.194. The van der Waals surface area contributed by atoms with Crippen LogP contribution in [0.5, 0.6) is 11.5 Å². The van der Waals surface area contributed by atoms with Crippen molar-refractivity contribution in [2.75, 3.05) is 27.7 Å². The Morgan fingerprint density at radius 2 is 2.18 bits per heavy atom. The lowest BCUT2D eigenvalue weighted by Gasteiger charge is -2.37. The lowest BCUT2D eigenvalue weighted by molar-refractivity contribution is -0.903. The van der Waals surface area contributed by atoms with Crippen molar-refractivity contribution in [3.05, 3.63) is 35.4 Å². The van der Waals surface area contributed by atoms with Gasteiger partial charge >= 0.3 is 0 Å². The fourth-order valence-electron chi connectivity index (χ4n) is 4.42. The van der Waals surface area contributed by atoms with Crippen LogP contribution in [-0.4, -0.2) is 49.5 Å². The van der Waals surface area contributed by atoms with Gasteiger partial charge in [0.25, 0.3) is 0 Å². The van der Waals surface area contributed by atoms with Crippen molar-refractivity contribution in [3.8, 4) is 11.5 Å². The second-order valence-corrected chi connectivity index (χ2v) is 7.48. The van der Waals surface area contributed by atoms with Crippen LogP contribution in [0.4, 0.5) is 0 Å². The summed E-state index contributed by atoms with van der Waals surface area (Å²) in [7, 11) is 6.22. The smallest absolute Gasteiger partial charge is 0.166 e. The van der Waals surface area contributed by atoms with Crippen LogP contribution in [0.1, 0.15) is 24.0 Å². The molecule has 1 spiro atoms. The summed E-state index contributed by atoms with van der Waals surface area (Å²) in [5.74, 6) is 1.62. The van der Waals surface area contributed by atoms with Crippen LogP contribution in [0, 0.1) is 0 Å². The summed E-state index contributed by atoms with van der Waals surface area (Å²) >= 11 is 0. The molecule has 118 valence electrons. The number of rotatable bonds is 1. The maximum absolute atomic E-state index is 10.5. The largest absolute Gasteiger partial charge is 0.493 e. The van der Waals surface area contributed by atoms with E-state index in [1.54, 1.807) is 7.11 Å². The molecular weight excluding hydrogens is 278 g/mol. The normalized spacial score (nSPS) is 34.4. The van der Waals surface area contributed by atoms with E-state index in [9.17, 15) is 5.11 Å². The molecule has 1 aliphatic carbocycles. The van der Waals surface area contributed by atoms with Crippen molar-refractivity contribution in [2.24, 2.45) is 0 Å². The first-order valence-electron chi connectivity index (χ1n) is 8.02. The standard InChI is InChI=1S/C18H24NO3/c1-19(2)10-9-18-8-4-5-13(20)17(18)22-16-14(21-3)7-6-12(11-19)15(16)18/h4,6-8,13,17,20H,5,9-11H2,1-3H3/q+1/t13-,17+,18+/m0/s1. The van der Waals surface area contributed by atoms with Gasteiger partial charge in [-0.25, -0.2) is 0 Å². The quantitative estimate of drug-likeness (QED) is 0.637. The first kappa shape index (κ1) is 14.1. The van der Waals surface area contributed by atoms with Crippen LogP contribution < -0.4 is 9.47 Å². The van der Waals surface area contributed by atoms with Crippen LogP contribution in [-0.2, 0) is 12.0 Å². The predicted octanol–water partition coefficient (Wildman–Crippen LogP) is 1.99. The van der Waals surface area contributed by atoms with Crippen molar-refractivity contribution in [3.63, 3.8) is 0 Å². The van der Waals surface area contributed by atoms with Crippen molar-refractivity contribution in [2.45, 2.75) is 37.0 Å². The highest BCUT2D eigenvalue weighted by molar-refractivity contribution is 5.60. The molecule has 0 saturated carbocycles. The number of aliphatic hydroxyl groups excluding tert-OH is 1. The number of benzene rings is 1. The lowest BCUT2D eigenvalue weighted by atomic mass is 9.68. The number of hydrogen-bond donors (Lipinski definition) is 1. The molecule has 0 fully saturated rings. The number of ether oxygens (including phenoxy) is 2. The summed E-state index contributed by atoms with van der Waals surface area (Å²) < 4.78 is 12.7. The van der Waals surface area contributed by atoms with E-state index in [0.29, 0.717) is 6.42 Å². The van der Waals surface area contributed by atoms with Crippen LogP contribution in [0.15, 0.2) is 24.3 Å². The van der Waals surface area contributed by atoms with Gasteiger partial charge in [-0.05, 0) is 18.6 Å². The molecule has 0 radical (unpaired) electrons. The Hall–Kier alpha value is -1.52. The third-order valence-corrected chi connectivity index (χ3v) is 5.52. The maximum Gasteiger partial charge on any atom is 0.166 e. The summed E-state index contributed by atoms with van der Waals surface area (Å²) in [5.41, 5.74) is 2.36. The van der Waals surface area contributed by atoms with Gasteiger partial charge in [0.15, 0.2) is 11.5 Å². The number of aliphatic hydroxyl groups is 1. The Morgan fingerprint density at radius 1 is 1.36 bits per heavy atom. The molecule has 0 aromatic heterocycles. The SMILES string of the molecule is COc1ccc2c3c1O[C@@H]1[C@@H](O)CC=C[C@@]31CC[N+](C)(C)C2. The van der Waals surface area contributed by atoms with Gasteiger partial charge in [-0.2, -0.15) is 0 Å². The molecule has 0 amide bonds. The Bertz CT molecular complexity index is 652. The fraction of sp³-hybridized carbons (Fsp3) is 0.556. The molecule has 3 atom stereocenters. The minimum Gasteiger partial charge on any atom is -0.493 e. The van der Waals surface area contributed by atoms with Crippen molar-refractivity contribution in [1.82, 2.24) is 0 Å². The van der Waals surface area contributed by atoms with Gasteiger partial charge in [0, 0.05) is 17.5 Å². The Labute approximate surface area is 131 Å². The topological polar surface area (TPSA) is 38.7 Å². The summed E-state index contributed by atoms with van der Waals surface area (Å²) in [4.78, 5) is 0. The van der Waals surface area contributed by atoms with Crippen molar-refractivity contribution >= 4 is 0 Å². The van der Waals surface area contributed by atoms with Gasteiger partial charge in [-0.3, -0.25) is 0 Å². The number of methoxy groups -OCH3 is 1. The zero-order valence-electron chi connectivity index (χ0n) is 13.5. The van der Waals surface area contributed by atoms with E-state index in [2.05, 4.69) is 32.3 Å². The third-order valence-electron chi connectivity index (χ3n) is 5.52. The van der Waals surface area contributed by atoms with Crippen LogP contribution in [0.25, 0.3) is 0 Å². The van der Waals surface area contributed by atoms with E-state index in [-0.39, 0.29) is 11.5 Å². The molecule has 4 nitrogen and oxygen atoms in total. The predicted molar refractivity (Wildman–Crippen MR) is 84.1 cm³/mol. The van der Waals surface area contributed by atoms with E-state index >= 15 is 0 Å². The van der Waals surface area contributed by atoms with Gasteiger partial charge in [0.1, 0.15) is 12.6 Å². The molecule has 1 N–H and O–H groups in total. The number of hydrogen-bond acceptors (Lipinski definition) is 3. The molecular formula is C18H24NO3+. The maximum atomic E-state index is 10.5. The van der Waals surface area contributed by atoms with E-state index in [4.69, 9.17) is 9.47 Å². The molecule has 4 rings (SSSR count). The van der Waals surface area contributed by atoms with Crippen LogP contribution in [0.2, 0.25) is 0 Å². The second kappa shape index (κ2) is 4.49. The first-order chi connectivity index (χ1) is 10.5. The molecule has 3 aliphatic rings. The summed E-state index contributed by atoms with van der Waals surface area (Å²) in [6.07, 6.45) is 5.41. The van der Waals surface area contributed by atoms with E-state index in [0.717, 1.165) is 35.5 Å². The van der Waals surface area contributed by atoms with Gasteiger partial charge in [0.05, 0.1) is 39.3 Å². The number of quaternary nitrogens is 1. The first-order valence-corrected chi connectivity index (χ1v) is 8.02. The zero-order chi connectivity index (χ0) is 15.5. The minimum atomic E-state index is -0.455. The van der Waals surface area contributed by atoms with E-state index < -0.39 is 6.10 Å². The molecule has 22 heavy (non-hydrogen) atoms. The molecule has 1 aromatic carbocycles. The monoisotopic (exact) mass is 302 g/mol. The molecule has 0 unspecified atom stereocenters. The Kier molecular flexibility index (Phi) is 2.88. The van der Waals surface area contributed by atoms with Crippen molar-refractivity contribution < 1.29 is 19.1 Å². The average molecular weight is 302 g/mol. The average Bonchev–Trinajstić information content (AvgIpc) is 2.78. The zero-order valence-corrected chi connectivity index (χ0v) is 13.5. The molecule has 2 aliphatic heterocycles. The van der Waals surface area contributed by atoms with Gasteiger partial charge < -0.3 is 19.1 Å². The molecule has 2 heterocycles. The summed E-state index contributed by atoms with van der Waals surface area (Å²) in [5, 5.41) is 10.5. The van der Waals surface area contributed by atoms with Gasteiger partial charge in [0.2, 0.25) is 0 Å². The molecule has 0 saturated heterocycles. The summed E-state index contributed by atoms with van der Waals surface area (Å²) in [6.45, 7) is 2.04. The summed E-state index contributed by atoms with van der Waals surface area (Å²) in [6, 6.07) is 4.17. The number of nitrogens with zero attached hydrogens (tertiary/aromatic N) is 1. The fourth-order valence-corrected chi connectivity index (χ4v) is 4.42. The highest BCUT2D eigenvalue weighted by atomic mass is 16.5. The highest BCUT2D eigenvalue weighted by Gasteiger charge is 2.56. The van der Waals surface area contributed by atoms with Gasteiger partial charge in [-0.1, -0.05) is 12.2 Å². The highest BCUT2D eigenvalue weighted by Crippen LogP contribution is 2.56.